The molecule has 3 N–H and O–H groups in total. The molecule has 0 aliphatic heterocycles. The van der Waals surface area contributed by atoms with Crippen molar-refractivity contribution in [3.05, 3.63) is 0 Å². The van der Waals surface area contributed by atoms with Gasteiger partial charge >= 0.3 is 39.5 Å². The van der Waals surface area contributed by atoms with Gasteiger partial charge in [0, 0.05) is 25.7 Å². The van der Waals surface area contributed by atoms with Gasteiger partial charge in [-0.05, 0) is 43.4 Å². The Hall–Kier alpha value is -1.94. The molecule has 0 aromatic carbocycles. The van der Waals surface area contributed by atoms with Gasteiger partial charge in [0.15, 0.2) is 12.2 Å². The van der Waals surface area contributed by atoms with Crippen molar-refractivity contribution in [3.8, 4) is 0 Å². The highest BCUT2D eigenvalue weighted by Gasteiger charge is 2.30. The van der Waals surface area contributed by atoms with E-state index in [1.807, 2.05) is 0 Å². The number of hydrogen-bond acceptors (Lipinski definition) is 15. The average Bonchev–Trinajstić information content (AvgIpc) is 0.906. The molecule has 0 radical (unpaired) electrons. The van der Waals surface area contributed by atoms with E-state index in [2.05, 4.69) is 48.5 Å². The van der Waals surface area contributed by atoms with E-state index >= 15 is 0 Å². The number of carbonyl (C=O) groups is 4. The highest BCUT2D eigenvalue weighted by Crippen LogP contribution is 2.45. The van der Waals surface area contributed by atoms with Crippen LogP contribution in [0, 0.1) is 17.8 Å². The maximum Gasteiger partial charge on any atom is 0.472 e. The first-order valence-corrected chi connectivity index (χ1v) is 46.3. The maximum absolute atomic E-state index is 13.1. The molecular weight excluding hydrogens is 1340 g/mol. The van der Waals surface area contributed by atoms with Gasteiger partial charge in [0.05, 0.1) is 26.4 Å². The lowest BCUT2D eigenvalue weighted by molar-refractivity contribution is -0.161. The minimum Gasteiger partial charge on any atom is -0.462 e. The molecule has 0 saturated carbocycles. The van der Waals surface area contributed by atoms with Crippen LogP contribution in [0.3, 0.4) is 0 Å². The Morgan fingerprint density at radius 1 is 0.262 bits per heavy atom. The summed E-state index contributed by atoms with van der Waals surface area (Å²) in [4.78, 5) is 73.2. The van der Waals surface area contributed by atoms with Crippen LogP contribution in [0.2, 0.25) is 0 Å². The lowest BCUT2D eigenvalue weighted by atomic mass is 10.0. The minimum absolute atomic E-state index is 0.108. The van der Waals surface area contributed by atoms with Gasteiger partial charge in [0.25, 0.3) is 0 Å². The van der Waals surface area contributed by atoms with Crippen molar-refractivity contribution >= 4 is 39.5 Å². The van der Waals surface area contributed by atoms with Crippen LogP contribution in [0.5, 0.6) is 0 Å². The van der Waals surface area contributed by atoms with Crippen LogP contribution in [-0.4, -0.2) is 96.7 Å². The molecule has 2 unspecified atom stereocenters. The lowest BCUT2D eigenvalue weighted by Gasteiger charge is -2.21. The molecule has 612 valence electrons. The number of phosphoric ester groups is 2. The largest absolute Gasteiger partial charge is 0.472 e. The van der Waals surface area contributed by atoms with Gasteiger partial charge in [-0.2, -0.15) is 0 Å². The van der Waals surface area contributed by atoms with Crippen molar-refractivity contribution in [2.24, 2.45) is 17.8 Å². The molecule has 5 atom stereocenters. The van der Waals surface area contributed by atoms with Gasteiger partial charge in [-0.3, -0.25) is 37.3 Å². The fraction of sp³-hybridized carbons (Fsp3) is 0.952. The molecular formula is C84H164O17P2. The summed E-state index contributed by atoms with van der Waals surface area (Å²) in [5.41, 5.74) is 0. The van der Waals surface area contributed by atoms with Crippen molar-refractivity contribution in [1.82, 2.24) is 0 Å². The minimum atomic E-state index is -4.96. The maximum atomic E-state index is 13.1. The normalized spacial score (nSPS) is 13.9. The molecule has 0 spiro atoms. The molecule has 0 aromatic rings. The van der Waals surface area contributed by atoms with Crippen molar-refractivity contribution in [2.45, 2.75) is 458 Å². The van der Waals surface area contributed by atoms with E-state index in [9.17, 15) is 43.2 Å². The monoisotopic (exact) mass is 1510 g/mol. The highest BCUT2D eigenvalue weighted by molar-refractivity contribution is 7.47. The second-order valence-corrected chi connectivity index (χ2v) is 34.6. The van der Waals surface area contributed by atoms with E-state index in [1.54, 1.807) is 0 Å². The first-order chi connectivity index (χ1) is 49.7. The number of phosphoric acid groups is 2. The van der Waals surface area contributed by atoms with Crippen LogP contribution < -0.4 is 0 Å². The molecule has 0 amide bonds. The standard InChI is InChI=1S/C84H164O17P2/c1-8-9-10-11-12-13-14-15-24-30-39-46-53-60-67-83(88)101-80(72-95-82(87)66-59-52-45-38-33-32-36-43-50-57-64-77(6)7)74-99-103(92,93)97-70-78(85)69-96-102(90,91)98-73-79(71-94-81(86)65-58-51-44-37-29-25-21-20-23-28-35-42-49-56-63-76(4)5)100-84(89)68-61-54-47-40-31-26-19-17-16-18-22-27-34-41-48-55-62-75(2)3/h75-80,85H,8-74H2,1-7H3,(H,90,91)(H,92,93)/t78-,79-,80-/m1/s1. The van der Waals surface area contributed by atoms with E-state index in [0.717, 1.165) is 108 Å². The highest BCUT2D eigenvalue weighted by atomic mass is 31.2. The first kappa shape index (κ1) is 101. The summed E-state index contributed by atoms with van der Waals surface area (Å²) in [7, 11) is -9.93. The SMILES string of the molecule is CCCCCCCCCCCCCCCCC(=O)O[C@H](COC(=O)CCCCCCCCCCCCC(C)C)COP(=O)(O)OC[C@H](O)COP(=O)(O)OC[C@@H](COC(=O)CCCCCCCCCCCCCCCCC(C)C)OC(=O)CCCCCCCCCCCCCCCCCCC(C)C. The van der Waals surface area contributed by atoms with E-state index in [-0.39, 0.29) is 25.7 Å². The second-order valence-electron chi connectivity index (χ2n) is 31.6. The number of rotatable bonds is 82. The zero-order valence-corrected chi connectivity index (χ0v) is 69.6. The van der Waals surface area contributed by atoms with Gasteiger partial charge in [0.1, 0.15) is 19.3 Å². The number of carbonyl (C=O) groups excluding carboxylic acids is 4. The van der Waals surface area contributed by atoms with Crippen LogP contribution in [0.15, 0.2) is 0 Å². The number of ether oxygens (including phenoxy) is 4. The van der Waals surface area contributed by atoms with Crippen molar-refractivity contribution in [2.75, 3.05) is 39.6 Å². The summed E-state index contributed by atoms with van der Waals surface area (Å²) in [6.07, 6.45) is 63.7. The predicted octanol–water partition coefficient (Wildman–Crippen LogP) is 25.3. The van der Waals surface area contributed by atoms with E-state index in [1.165, 1.54) is 250 Å². The summed E-state index contributed by atoms with van der Waals surface area (Å²) in [6, 6.07) is 0. The predicted molar refractivity (Wildman–Crippen MR) is 423 cm³/mol. The number of aliphatic hydroxyl groups is 1. The van der Waals surface area contributed by atoms with Crippen LogP contribution >= 0.6 is 15.6 Å². The van der Waals surface area contributed by atoms with Crippen LogP contribution in [0.4, 0.5) is 0 Å². The molecule has 0 rings (SSSR count). The Morgan fingerprint density at radius 3 is 0.660 bits per heavy atom. The topological polar surface area (TPSA) is 237 Å². The van der Waals surface area contributed by atoms with Gasteiger partial charge in [-0.1, -0.05) is 389 Å². The zero-order chi connectivity index (χ0) is 75.8. The number of unbranched alkanes of at least 4 members (excludes halogenated alkanes) is 50. The smallest absolute Gasteiger partial charge is 0.462 e. The summed E-state index contributed by atoms with van der Waals surface area (Å²) in [5.74, 6) is 0.263. The fourth-order valence-electron chi connectivity index (χ4n) is 13.0. The Labute approximate surface area is 632 Å². The first-order valence-electron chi connectivity index (χ1n) is 43.3. The third-order valence-corrected chi connectivity index (χ3v) is 21.5. The summed E-state index contributed by atoms with van der Waals surface area (Å²) >= 11 is 0. The van der Waals surface area contributed by atoms with Gasteiger partial charge in [0.2, 0.25) is 0 Å². The molecule has 17 nitrogen and oxygen atoms in total. The Balaban J connectivity index is 5.27. The Kier molecular flexibility index (Phi) is 72.8. The summed E-state index contributed by atoms with van der Waals surface area (Å²) in [5, 5.41) is 10.7. The number of aliphatic hydroxyl groups excluding tert-OH is 1. The molecule has 19 heteroatoms. The Bertz CT molecular complexity index is 1990. The van der Waals surface area contributed by atoms with Crippen LogP contribution in [-0.2, 0) is 65.4 Å². The van der Waals surface area contributed by atoms with Gasteiger partial charge in [-0.25, -0.2) is 9.13 Å². The van der Waals surface area contributed by atoms with Crippen LogP contribution in [0.25, 0.3) is 0 Å². The number of hydrogen-bond donors (Lipinski definition) is 3. The van der Waals surface area contributed by atoms with Crippen molar-refractivity contribution < 1.29 is 80.2 Å². The third kappa shape index (κ3) is 78.0. The molecule has 0 saturated heterocycles. The van der Waals surface area contributed by atoms with E-state index < -0.39 is 97.5 Å². The van der Waals surface area contributed by atoms with E-state index in [0.29, 0.717) is 25.7 Å². The molecule has 0 fully saturated rings. The molecule has 0 bridgehead atoms. The zero-order valence-electron chi connectivity index (χ0n) is 67.8. The number of esters is 4. The summed E-state index contributed by atoms with van der Waals surface area (Å²) < 4.78 is 68.9. The average molecular weight is 1510 g/mol. The van der Waals surface area contributed by atoms with Crippen LogP contribution in [0.1, 0.15) is 440 Å². The molecule has 0 aromatic heterocycles. The molecule has 0 heterocycles. The fourth-order valence-corrected chi connectivity index (χ4v) is 14.6. The molecule has 0 aliphatic carbocycles. The lowest BCUT2D eigenvalue weighted by Crippen LogP contribution is -2.30. The van der Waals surface area contributed by atoms with Crippen molar-refractivity contribution in [1.29, 1.82) is 0 Å². The van der Waals surface area contributed by atoms with Gasteiger partial charge in [-0.15, -0.1) is 0 Å². The summed E-state index contributed by atoms with van der Waals surface area (Å²) in [6.45, 7) is 12.0. The quantitative estimate of drug-likeness (QED) is 0.0222. The molecule has 103 heavy (non-hydrogen) atoms. The second kappa shape index (κ2) is 74.2. The molecule has 0 aliphatic rings. The van der Waals surface area contributed by atoms with E-state index in [4.69, 9.17) is 37.0 Å². The third-order valence-electron chi connectivity index (χ3n) is 19.6. The Morgan fingerprint density at radius 2 is 0.447 bits per heavy atom. The van der Waals surface area contributed by atoms with Gasteiger partial charge < -0.3 is 33.8 Å². The van der Waals surface area contributed by atoms with Crippen molar-refractivity contribution in [3.63, 3.8) is 0 Å².